The number of anilines is 2. The van der Waals surface area contributed by atoms with Crippen LogP contribution in [0, 0.1) is 19.7 Å². The van der Waals surface area contributed by atoms with Gasteiger partial charge in [-0.1, -0.05) is 18.2 Å². The molecule has 0 bridgehead atoms. The van der Waals surface area contributed by atoms with Crippen molar-refractivity contribution >= 4 is 27.3 Å². The number of carbonyl (C=O) groups excluding carboxylic acids is 1. The van der Waals surface area contributed by atoms with Crippen LogP contribution in [0.25, 0.3) is 0 Å². The first-order chi connectivity index (χ1) is 12.8. The number of sulfonamides is 1. The number of nitrogens with one attached hydrogen (secondary N) is 2. The molecule has 3 rings (SSSR count). The maximum atomic E-state index is 13.8. The first-order valence-corrected chi connectivity index (χ1v) is 9.50. The van der Waals surface area contributed by atoms with Gasteiger partial charge in [0.05, 0.1) is 16.8 Å². The van der Waals surface area contributed by atoms with Crippen molar-refractivity contribution in [1.82, 2.24) is 0 Å². The number of amides is 1. The number of aryl methyl sites for hydroxylation is 2. The fourth-order valence-corrected chi connectivity index (χ4v) is 3.84. The van der Waals surface area contributed by atoms with E-state index >= 15 is 0 Å². The van der Waals surface area contributed by atoms with Crippen molar-refractivity contribution in [3.05, 3.63) is 77.5 Å². The molecule has 0 aliphatic rings. The van der Waals surface area contributed by atoms with Gasteiger partial charge in [-0.15, -0.1) is 0 Å². The molecule has 2 N–H and O–H groups in total. The van der Waals surface area contributed by atoms with Gasteiger partial charge in [0.1, 0.15) is 5.82 Å². The maximum absolute atomic E-state index is 13.8. The van der Waals surface area contributed by atoms with Crippen LogP contribution in [0.5, 0.6) is 0 Å². The van der Waals surface area contributed by atoms with Gasteiger partial charge in [-0.2, -0.15) is 0 Å². The second-order valence-corrected chi connectivity index (χ2v) is 7.60. The first-order valence-electron chi connectivity index (χ1n) is 8.01. The van der Waals surface area contributed by atoms with E-state index in [1.807, 2.05) is 0 Å². The van der Waals surface area contributed by atoms with Crippen molar-refractivity contribution in [2.75, 3.05) is 10.0 Å². The average molecular weight is 388 g/mol. The van der Waals surface area contributed by atoms with Gasteiger partial charge < -0.3 is 9.73 Å². The standard InChI is InChI=1S/C19H17FN2O4S/c1-12-7-8-14(21-19(23)18-13(2)9-10-26-18)11-17(12)27(24,25)22-16-6-4-3-5-15(16)20/h3-11,22H,1-2H3,(H,21,23). The zero-order valence-corrected chi connectivity index (χ0v) is 15.4. The van der Waals surface area contributed by atoms with Crippen molar-refractivity contribution in [3.8, 4) is 0 Å². The van der Waals surface area contributed by atoms with E-state index < -0.39 is 21.7 Å². The first kappa shape index (κ1) is 18.7. The van der Waals surface area contributed by atoms with E-state index in [1.165, 1.54) is 30.5 Å². The number of rotatable bonds is 5. The van der Waals surface area contributed by atoms with Gasteiger partial charge in [0, 0.05) is 11.3 Å². The summed E-state index contributed by atoms with van der Waals surface area (Å²) in [4.78, 5) is 12.2. The summed E-state index contributed by atoms with van der Waals surface area (Å²) in [6.07, 6.45) is 1.40. The summed E-state index contributed by atoms with van der Waals surface area (Å²) in [5.41, 5.74) is 1.23. The molecule has 0 saturated carbocycles. The number of hydrogen-bond donors (Lipinski definition) is 2. The van der Waals surface area contributed by atoms with Crippen molar-refractivity contribution in [2.45, 2.75) is 18.7 Å². The predicted octanol–water partition coefficient (Wildman–Crippen LogP) is 4.09. The van der Waals surface area contributed by atoms with Crippen LogP contribution in [-0.4, -0.2) is 14.3 Å². The van der Waals surface area contributed by atoms with Crippen LogP contribution < -0.4 is 10.0 Å². The SMILES string of the molecule is Cc1ccc(NC(=O)c2occc2C)cc1S(=O)(=O)Nc1ccccc1F. The van der Waals surface area contributed by atoms with E-state index in [9.17, 15) is 17.6 Å². The fourth-order valence-electron chi connectivity index (χ4n) is 2.50. The Kier molecular flexibility index (Phi) is 5.00. The van der Waals surface area contributed by atoms with Crippen LogP contribution in [0.4, 0.5) is 15.8 Å². The summed E-state index contributed by atoms with van der Waals surface area (Å²) in [6.45, 7) is 3.33. The Morgan fingerprint density at radius 3 is 2.44 bits per heavy atom. The molecule has 0 unspecified atom stereocenters. The van der Waals surface area contributed by atoms with Gasteiger partial charge in [-0.05, 0) is 49.7 Å². The van der Waals surface area contributed by atoms with Gasteiger partial charge in [0.15, 0.2) is 5.76 Å². The normalized spacial score (nSPS) is 11.2. The van der Waals surface area contributed by atoms with Gasteiger partial charge in [0.25, 0.3) is 15.9 Å². The molecule has 0 saturated heterocycles. The van der Waals surface area contributed by atoms with Crippen LogP contribution in [-0.2, 0) is 10.0 Å². The Balaban J connectivity index is 1.90. The lowest BCUT2D eigenvalue weighted by Gasteiger charge is -2.13. The highest BCUT2D eigenvalue weighted by Crippen LogP contribution is 2.24. The number of carbonyl (C=O) groups is 1. The average Bonchev–Trinajstić information content (AvgIpc) is 3.04. The quantitative estimate of drug-likeness (QED) is 0.689. The van der Waals surface area contributed by atoms with Gasteiger partial charge in [-0.25, -0.2) is 12.8 Å². The largest absolute Gasteiger partial charge is 0.459 e. The summed E-state index contributed by atoms with van der Waals surface area (Å²) in [5, 5.41) is 2.60. The van der Waals surface area contributed by atoms with Crippen LogP contribution in [0.1, 0.15) is 21.7 Å². The van der Waals surface area contributed by atoms with E-state index in [4.69, 9.17) is 4.42 Å². The third-order valence-corrected chi connectivity index (χ3v) is 5.43. The number of para-hydroxylation sites is 1. The summed E-state index contributed by atoms with van der Waals surface area (Å²) in [6, 6.07) is 11.6. The highest BCUT2D eigenvalue weighted by atomic mass is 32.2. The molecule has 0 radical (unpaired) electrons. The number of furan rings is 1. The zero-order valence-electron chi connectivity index (χ0n) is 14.6. The van der Waals surface area contributed by atoms with E-state index in [1.54, 1.807) is 32.0 Å². The number of halogens is 1. The Hall–Kier alpha value is -3.13. The van der Waals surface area contributed by atoms with E-state index in [2.05, 4.69) is 10.0 Å². The maximum Gasteiger partial charge on any atom is 0.291 e. The lowest BCUT2D eigenvalue weighted by molar-refractivity contribution is 0.0996. The zero-order chi connectivity index (χ0) is 19.6. The molecular weight excluding hydrogens is 371 g/mol. The highest BCUT2D eigenvalue weighted by Gasteiger charge is 2.20. The van der Waals surface area contributed by atoms with Crippen LogP contribution in [0.3, 0.4) is 0 Å². The molecule has 2 aromatic carbocycles. The molecule has 0 aliphatic heterocycles. The van der Waals surface area contributed by atoms with Crippen LogP contribution in [0.15, 0.2) is 64.1 Å². The second-order valence-electron chi connectivity index (χ2n) is 5.95. The Bertz CT molecular complexity index is 1110. The lowest BCUT2D eigenvalue weighted by Crippen LogP contribution is -2.17. The Morgan fingerprint density at radius 1 is 1.04 bits per heavy atom. The van der Waals surface area contributed by atoms with Crippen LogP contribution in [0.2, 0.25) is 0 Å². The molecule has 0 aliphatic carbocycles. The topological polar surface area (TPSA) is 88.4 Å². The van der Waals surface area contributed by atoms with E-state index in [-0.39, 0.29) is 22.0 Å². The Labute approximate surface area is 156 Å². The van der Waals surface area contributed by atoms with Gasteiger partial charge in [0.2, 0.25) is 0 Å². The molecule has 140 valence electrons. The van der Waals surface area contributed by atoms with Crippen molar-refractivity contribution in [2.24, 2.45) is 0 Å². The summed E-state index contributed by atoms with van der Waals surface area (Å²) in [5.74, 6) is -1.03. The lowest BCUT2D eigenvalue weighted by atomic mass is 10.2. The number of benzene rings is 2. The summed E-state index contributed by atoms with van der Waals surface area (Å²) >= 11 is 0. The fraction of sp³-hybridized carbons (Fsp3) is 0.105. The predicted molar refractivity (Wildman–Crippen MR) is 99.8 cm³/mol. The monoisotopic (exact) mass is 388 g/mol. The molecule has 1 amide bonds. The number of hydrogen-bond acceptors (Lipinski definition) is 4. The Morgan fingerprint density at radius 2 is 1.78 bits per heavy atom. The molecule has 0 atom stereocenters. The van der Waals surface area contributed by atoms with Crippen molar-refractivity contribution < 1.29 is 22.0 Å². The third-order valence-electron chi connectivity index (χ3n) is 3.92. The molecule has 1 heterocycles. The molecule has 0 fully saturated rings. The smallest absolute Gasteiger partial charge is 0.291 e. The minimum Gasteiger partial charge on any atom is -0.459 e. The third kappa shape index (κ3) is 4.01. The molecular formula is C19H17FN2O4S. The molecule has 8 heteroatoms. The highest BCUT2D eigenvalue weighted by molar-refractivity contribution is 7.92. The van der Waals surface area contributed by atoms with Gasteiger partial charge in [-0.3, -0.25) is 9.52 Å². The molecule has 27 heavy (non-hydrogen) atoms. The molecule has 0 spiro atoms. The van der Waals surface area contributed by atoms with Gasteiger partial charge >= 0.3 is 0 Å². The van der Waals surface area contributed by atoms with Crippen molar-refractivity contribution in [3.63, 3.8) is 0 Å². The second kappa shape index (κ2) is 7.24. The minimum absolute atomic E-state index is 0.0697. The molecule has 3 aromatic rings. The van der Waals surface area contributed by atoms with Crippen LogP contribution >= 0.6 is 0 Å². The molecule has 6 nitrogen and oxygen atoms in total. The summed E-state index contributed by atoms with van der Waals surface area (Å²) in [7, 11) is -4.05. The van der Waals surface area contributed by atoms with E-state index in [0.29, 0.717) is 11.1 Å². The van der Waals surface area contributed by atoms with E-state index in [0.717, 1.165) is 6.07 Å². The minimum atomic E-state index is -4.05. The molecule has 1 aromatic heterocycles. The summed E-state index contributed by atoms with van der Waals surface area (Å²) < 4.78 is 46.5. The van der Waals surface area contributed by atoms with Crippen molar-refractivity contribution in [1.29, 1.82) is 0 Å².